The third-order valence-electron chi connectivity index (χ3n) is 8.00. The maximum absolute atomic E-state index is 10.7. The van der Waals surface area contributed by atoms with E-state index in [-0.39, 0.29) is 0 Å². The summed E-state index contributed by atoms with van der Waals surface area (Å²) in [5.41, 5.74) is -4.57. The number of rotatable bonds is 25. The van der Waals surface area contributed by atoms with E-state index in [9.17, 15) is 13.2 Å². The van der Waals surface area contributed by atoms with Crippen LogP contribution in [-0.4, -0.2) is 62.4 Å². The van der Waals surface area contributed by atoms with Crippen LogP contribution in [0.25, 0.3) is 0 Å². The lowest BCUT2D eigenvalue weighted by Gasteiger charge is -2.14. The Bertz CT molecular complexity index is 1060. The molecule has 0 saturated heterocycles. The van der Waals surface area contributed by atoms with Crippen LogP contribution in [0, 0.1) is 0 Å². The Labute approximate surface area is 277 Å². The topological polar surface area (TPSA) is 87.9 Å². The summed E-state index contributed by atoms with van der Waals surface area (Å²) in [6, 6.07) is 6.29. The van der Waals surface area contributed by atoms with E-state index in [1.807, 2.05) is 0 Å². The van der Waals surface area contributed by atoms with Gasteiger partial charge in [-0.1, -0.05) is 129 Å². The van der Waals surface area contributed by atoms with Crippen LogP contribution in [0.4, 0.5) is 13.2 Å². The van der Waals surface area contributed by atoms with Crippen molar-refractivity contribution in [3.8, 4) is 11.5 Å². The summed E-state index contributed by atoms with van der Waals surface area (Å²) in [5.74, 6) is 2.68. The highest BCUT2D eigenvalue weighted by molar-refractivity contribution is 7.86. The van der Waals surface area contributed by atoms with Gasteiger partial charge in [0.1, 0.15) is 7.05 Å². The molecular weight excluding hydrogens is 619 g/mol. The van der Waals surface area contributed by atoms with Crippen molar-refractivity contribution in [2.75, 3.05) is 33.4 Å². The maximum Gasteiger partial charge on any atom is 0.485 e. The summed E-state index contributed by atoms with van der Waals surface area (Å²) in [6.07, 6.45) is 26.7. The summed E-state index contributed by atoms with van der Waals surface area (Å²) >= 11 is 0. The molecule has 0 saturated carbocycles. The van der Waals surface area contributed by atoms with Gasteiger partial charge in [0.2, 0.25) is 0 Å². The van der Waals surface area contributed by atoms with Gasteiger partial charge in [0.15, 0.2) is 34.8 Å². The number of halogens is 3. The molecule has 7 nitrogen and oxygen atoms in total. The van der Waals surface area contributed by atoms with Crippen molar-refractivity contribution >= 4 is 16.0 Å². The van der Waals surface area contributed by atoms with Crippen LogP contribution in [0.15, 0.2) is 18.2 Å². The van der Waals surface area contributed by atoms with Crippen LogP contribution in [-0.2, 0) is 14.9 Å². The highest BCUT2D eigenvalue weighted by atomic mass is 32.2. The van der Waals surface area contributed by atoms with E-state index < -0.39 is 15.6 Å². The zero-order valence-electron chi connectivity index (χ0n) is 28.6. The number of hydrogen-bond acceptors (Lipinski definition) is 6. The first-order valence-corrected chi connectivity index (χ1v) is 19.0. The van der Waals surface area contributed by atoms with Gasteiger partial charge in [-0.15, -0.1) is 0 Å². The summed E-state index contributed by atoms with van der Waals surface area (Å²) < 4.78 is 79.4. The lowest BCUT2D eigenvalue weighted by molar-refractivity contribution is -0.486. The molecule has 268 valence electrons. The van der Waals surface area contributed by atoms with E-state index in [0.29, 0.717) is 0 Å². The summed E-state index contributed by atoms with van der Waals surface area (Å²) in [7, 11) is -4.00. The molecule has 0 atom stereocenters. The third kappa shape index (κ3) is 19.6. The van der Waals surface area contributed by atoms with E-state index in [1.165, 1.54) is 116 Å². The fourth-order valence-corrected chi connectivity index (χ4v) is 5.21. The molecule has 0 unspecified atom stereocenters. The largest absolute Gasteiger partial charge is 0.741 e. The summed E-state index contributed by atoms with van der Waals surface area (Å²) in [4.78, 5) is 0. The Morgan fingerprint density at radius 1 is 0.717 bits per heavy atom. The average Bonchev–Trinajstić information content (AvgIpc) is 3.44. The van der Waals surface area contributed by atoms with Gasteiger partial charge < -0.3 is 18.8 Å². The molecule has 0 bridgehead atoms. The molecule has 1 aromatic rings. The Balaban J connectivity index is 0.00000116. The average molecular weight is 680 g/mol. The second-order valence-corrected chi connectivity index (χ2v) is 13.6. The van der Waals surface area contributed by atoms with Crippen LogP contribution < -0.4 is 9.47 Å². The van der Waals surface area contributed by atoms with Gasteiger partial charge in [0.05, 0.1) is 18.8 Å². The molecule has 0 fully saturated rings. The Hall–Kier alpha value is -2.01. The number of likely N-dealkylation sites (N-methyl/N-ethyl adjacent to an activating group) is 1. The van der Waals surface area contributed by atoms with Crippen molar-refractivity contribution in [2.45, 2.75) is 148 Å². The van der Waals surface area contributed by atoms with Gasteiger partial charge >= 0.3 is 11.4 Å². The van der Waals surface area contributed by atoms with Crippen molar-refractivity contribution < 1.29 is 44.9 Å². The minimum Gasteiger partial charge on any atom is -0.741 e. The molecule has 0 N–H and O–H groups in total. The highest BCUT2D eigenvalue weighted by Gasteiger charge is 2.37. The molecule has 46 heavy (non-hydrogen) atoms. The molecule has 0 radical (unpaired) electrons. The summed E-state index contributed by atoms with van der Waals surface area (Å²) in [5, 5.41) is 0. The molecule has 1 aliphatic rings. The fraction of sp³-hybridized carbons (Fsp3) is 0.800. The number of alkyl halides is 3. The lowest BCUT2D eigenvalue weighted by atomic mass is 10.1. The van der Waals surface area contributed by atoms with Crippen molar-refractivity contribution in [1.29, 1.82) is 0 Å². The van der Waals surface area contributed by atoms with Gasteiger partial charge in [0, 0.05) is 6.07 Å². The maximum atomic E-state index is 10.7. The third-order valence-corrected chi connectivity index (χ3v) is 8.56. The van der Waals surface area contributed by atoms with Crippen LogP contribution in [0.2, 0.25) is 0 Å². The molecule has 11 heteroatoms. The van der Waals surface area contributed by atoms with E-state index in [4.69, 9.17) is 27.2 Å². The predicted molar refractivity (Wildman–Crippen MR) is 178 cm³/mol. The second-order valence-electron chi connectivity index (χ2n) is 12.2. The van der Waals surface area contributed by atoms with E-state index in [1.54, 1.807) is 0 Å². The highest BCUT2D eigenvalue weighted by Crippen LogP contribution is 2.30. The standard InChI is InChI=1S/C34H60NO3.CHF3O3S/c1-4-6-8-10-12-14-16-18-20-22-27-36-32-25-24-31(34-35(3)26-29-38-34)30-33(32)37-28-23-21-19-17-15-13-11-9-7-5-2;2-1(3,4)8(5,6)7/h24-25,30H,4-23,26-29H2,1-3H3;(H,5,6,7)/q+1;/p-1. The predicted octanol–water partition coefficient (Wildman–Crippen LogP) is 9.76. The number of benzene rings is 1. The van der Waals surface area contributed by atoms with Gasteiger partial charge in [-0.2, -0.15) is 17.7 Å². The molecule has 0 amide bonds. The minimum atomic E-state index is -6.09. The Kier molecular flexibility index (Phi) is 22.9. The first-order valence-electron chi connectivity index (χ1n) is 17.6. The zero-order chi connectivity index (χ0) is 34.1. The van der Waals surface area contributed by atoms with Gasteiger partial charge in [0.25, 0.3) is 0 Å². The van der Waals surface area contributed by atoms with Crippen LogP contribution in [0.3, 0.4) is 0 Å². The van der Waals surface area contributed by atoms with E-state index >= 15 is 0 Å². The first-order chi connectivity index (χ1) is 22.0. The molecular formula is C35H60F3NO6S. The van der Waals surface area contributed by atoms with E-state index in [2.05, 4.69) is 43.7 Å². The molecule has 2 rings (SSSR count). The Morgan fingerprint density at radius 3 is 1.48 bits per heavy atom. The zero-order valence-corrected chi connectivity index (χ0v) is 29.5. The van der Waals surface area contributed by atoms with Crippen LogP contribution in [0.1, 0.15) is 148 Å². The number of unbranched alkanes of at least 4 members (excludes halogenated alkanes) is 18. The molecule has 1 aliphatic heterocycles. The van der Waals surface area contributed by atoms with Crippen LogP contribution in [0.5, 0.6) is 11.5 Å². The number of hydrogen-bond donors (Lipinski definition) is 0. The van der Waals surface area contributed by atoms with Gasteiger partial charge in [-0.25, -0.2) is 8.42 Å². The van der Waals surface area contributed by atoms with Gasteiger partial charge in [-0.05, 0) is 25.0 Å². The van der Waals surface area contributed by atoms with E-state index in [0.717, 1.165) is 62.2 Å². The van der Waals surface area contributed by atoms with Crippen molar-refractivity contribution in [3.63, 3.8) is 0 Å². The van der Waals surface area contributed by atoms with Crippen molar-refractivity contribution in [3.05, 3.63) is 23.8 Å². The van der Waals surface area contributed by atoms with Crippen molar-refractivity contribution in [1.82, 2.24) is 0 Å². The van der Waals surface area contributed by atoms with Crippen LogP contribution >= 0.6 is 0 Å². The molecule has 0 aliphatic carbocycles. The molecule has 0 spiro atoms. The SMILES string of the molecule is CCCCCCCCCCCCOc1ccc(C2=[N+](C)CCO2)cc1OCCCCCCCCCCCC.O=S(=O)([O-])C(F)(F)F. The quantitative estimate of drug-likeness (QED) is 0.0443. The summed E-state index contributed by atoms with van der Waals surface area (Å²) in [6.45, 7) is 7.76. The Morgan fingerprint density at radius 2 is 1.11 bits per heavy atom. The van der Waals surface area contributed by atoms with Gasteiger partial charge in [-0.3, -0.25) is 0 Å². The number of nitrogens with zero attached hydrogens (tertiary/aromatic N) is 1. The lowest BCUT2D eigenvalue weighted by Crippen LogP contribution is -2.21. The monoisotopic (exact) mass is 679 g/mol. The molecule has 1 heterocycles. The minimum absolute atomic E-state index is 0.748. The molecule has 1 aromatic carbocycles. The normalized spacial score (nSPS) is 13.4. The number of ether oxygens (including phenoxy) is 3. The fourth-order valence-electron chi connectivity index (χ4n) is 5.21. The molecule has 0 aromatic heterocycles. The first kappa shape index (κ1) is 42.0. The smallest absolute Gasteiger partial charge is 0.485 e. The second kappa shape index (κ2) is 25.1. The van der Waals surface area contributed by atoms with Crippen molar-refractivity contribution in [2.24, 2.45) is 0 Å².